The Hall–Kier alpha value is -8.69. The molecule has 9 atom stereocenters. The van der Waals surface area contributed by atoms with Gasteiger partial charge in [0.15, 0.2) is 17.9 Å². The van der Waals surface area contributed by atoms with Crippen LogP contribution in [-0.4, -0.2) is 225 Å². The second-order valence-electron chi connectivity index (χ2n) is 22.2. The lowest BCUT2D eigenvalue weighted by molar-refractivity contribution is -0.154. The van der Waals surface area contributed by atoms with Gasteiger partial charge in [0, 0.05) is 70.0 Å². The molecular formula is C55H83N19O13S. The van der Waals surface area contributed by atoms with E-state index in [2.05, 4.69) is 41.6 Å². The number of carbonyl (C=O) groups excluding carboxylic acids is 9. The maximum absolute atomic E-state index is 14.9. The molecule has 0 aliphatic carbocycles. The van der Waals surface area contributed by atoms with Crippen molar-refractivity contribution in [3.8, 4) is 0 Å². The number of aliphatic hydroxyl groups is 2. The Bertz CT molecular complexity index is 2920. The van der Waals surface area contributed by atoms with E-state index in [0.717, 1.165) is 4.90 Å². The number of likely N-dealkylation sites (tertiary alicyclic amines) is 3. The predicted molar refractivity (Wildman–Crippen MR) is 321 cm³/mol. The van der Waals surface area contributed by atoms with Crippen LogP contribution in [0, 0.1) is 0 Å². The van der Waals surface area contributed by atoms with Crippen LogP contribution < -0.4 is 66.7 Å². The van der Waals surface area contributed by atoms with Crippen molar-refractivity contribution in [2.75, 3.05) is 59.0 Å². The van der Waals surface area contributed by atoms with Crippen molar-refractivity contribution in [3.05, 3.63) is 57.8 Å². The average Bonchev–Trinajstić information content (AvgIpc) is 1.65. The topological polar surface area (TPSA) is 524 Å². The summed E-state index contributed by atoms with van der Waals surface area (Å²) in [7, 11) is 0. The van der Waals surface area contributed by atoms with Crippen molar-refractivity contribution in [1.82, 2.24) is 46.2 Å². The molecule has 1 aromatic carbocycles. The number of amides is 9. The first-order chi connectivity index (χ1) is 41.9. The highest BCUT2D eigenvalue weighted by Crippen LogP contribution is 2.39. The quantitative estimate of drug-likeness (QED) is 0.0197. The number of aliphatic carboxylic acids is 1. The minimum atomic E-state index is -1.65. The summed E-state index contributed by atoms with van der Waals surface area (Å²) in [6, 6.07) is 1.55. The Morgan fingerprint density at radius 1 is 0.705 bits per heavy atom. The highest BCUT2D eigenvalue weighted by atomic mass is 32.1. The van der Waals surface area contributed by atoms with Gasteiger partial charge in [-0.15, -0.1) is 11.3 Å². The number of β-amino-alcohol motifs (C(OH)–C–C–N with tert-alkyl or cyclic N) is 1. The molecule has 482 valence electrons. The summed E-state index contributed by atoms with van der Waals surface area (Å²) in [6.07, 6.45) is 0.663. The molecule has 0 radical (unpaired) electrons. The Balaban J connectivity index is 1.11. The first-order valence-electron chi connectivity index (χ1n) is 29.1. The molecule has 0 bridgehead atoms. The fourth-order valence-corrected chi connectivity index (χ4v) is 12.2. The maximum atomic E-state index is 14.9. The second-order valence-corrected chi connectivity index (χ2v) is 23.2. The molecular weight excluding hydrogens is 1170 g/mol. The SMILES string of the molecule is NC(N)=NCCC[C@@H](N)C(=O)N[C@@H](CCCN=C(N)N)C(=O)N1CCC[C@H]1C(=O)N1C[C@H](O)C[C@H]1C(=O)NCC(=O)N[C@@H](Cc1cccs1)C(=O)N[C@@H](CO)C(=O)N1CCC[C@]12Cc1ccccc1CN(CC(=O)N[C@@H](CCCN=C(N)N)C(=O)O)C2=O. The summed E-state index contributed by atoms with van der Waals surface area (Å²) in [4.78, 5) is 157. The zero-order valence-corrected chi connectivity index (χ0v) is 49.7. The monoisotopic (exact) mass is 1250 g/mol. The number of aliphatic hydroxyl groups excluding tert-OH is 2. The molecule has 9 amide bonds. The highest BCUT2D eigenvalue weighted by molar-refractivity contribution is 7.09. The van der Waals surface area contributed by atoms with Gasteiger partial charge >= 0.3 is 5.97 Å². The number of carboxylic acids is 1. The maximum Gasteiger partial charge on any atom is 0.326 e. The number of benzene rings is 1. The molecule has 22 N–H and O–H groups in total. The fourth-order valence-electron chi connectivity index (χ4n) is 11.4. The molecule has 33 heteroatoms. The van der Waals surface area contributed by atoms with Crippen LogP contribution in [0.1, 0.15) is 86.6 Å². The molecule has 1 aromatic heterocycles. The van der Waals surface area contributed by atoms with Gasteiger partial charge in [-0.25, -0.2) is 4.79 Å². The standard InChI is InChI=1S/C55H83N19O13S/c56-35(12-3-17-63-52(57)58)44(79)69-36(13-4-18-64-53(59)60)47(82)72-20-6-15-40(72)49(84)73-28-33(76)23-41(73)46(81)66-26-42(77)68-38(24-34-11-7-22-88-34)45(80)70-39(30-75)48(83)74-21-8-16-55(74)25-31-9-1-2-10-32(31)27-71(51(55)87)29-43(78)67-37(50(85)86)14-5-19-65-54(61)62/h1-2,7,9-11,22,33,35-41,75-76H,3-6,8,12-21,23-30,56H2,(H,66,81)(H,67,78)(H,68,77)(H,69,79)(H,70,80)(H,85,86)(H4,57,58,63)(H4,59,60,64)(H4,61,62,65)/t33-,35-,36+,37+,38+,39+,40+,41+,55-/m1/s1. The molecule has 88 heavy (non-hydrogen) atoms. The van der Waals surface area contributed by atoms with Crippen LogP contribution in [-0.2, 0) is 67.3 Å². The lowest BCUT2D eigenvalue weighted by atomic mass is 9.86. The summed E-state index contributed by atoms with van der Waals surface area (Å²) >= 11 is 1.27. The van der Waals surface area contributed by atoms with E-state index in [9.17, 15) is 63.3 Å². The number of aliphatic imine (C=N–C) groups is 3. The largest absolute Gasteiger partial charge is 0.480 e. The minimum absolute atomic E-state index is 0.0142. The summed E-state index contributed by atoms with van der Waals surface area (Å²) in [5.74, 6) is -8.46. The Morgan fingerprint density at radius 2 is 1.33 bits per heavy atom. The Kier molecular flexibility index (Phi) is 25.1. The number of carboxylic acid groups (broad SMARTS) is 1. The van der Waals surface area contributed by atoms with Crippen LogP contribution in [0.5, 0.6) is 0 Å². The van der Waals surface area contributed by atoms with Gasteiger partial charge in [-0.05, 0) is 86.8 Å². The number of guanidine groups is 3. The number of hydrogen-bond acceptors (Lipinski definition) is 17. The predicted octanol–water partition coefficient (Wildman–Crippen LogP) is -6.19. The third-order valence-corrected chi connectivity index (χ3v) is 16.6. The molecule has 2 aromatic rings. The summed E-state index contributed by atoms with van der Waals surface area (Å²) in [6.45, 7) is -1.96. The number of hydrogen-bond donors (Lipinski definition) is 15. The van der Waals surface area contributed by atoms with Crippen molar-refractivity contribution < 1.29 is 63.3 Å². The summed E-state index contributed by atoms with van der Waals surface area (Å²) in [5.41, 5.74) is 38.4. The van der Waals surface area contributed by atoms with Crippen LogP contribution >= 0.6 is 11.3 Å². The number of fused-ring (bicyclic) bond motifs is 1. The number of nitrogens with one attached hydrogen (secondary N) is 5. The van der Waals surface area contributed by atoms with E-state index in [1.54, 1.807) is 41.8 Å². The van der Waals surface area contributed by atoms with Crippen molar-refractivity contribution in [3.63, 3.8) is 0 Å². The number of rotatable bonds is 30. The molecule has 4 aliphatic rings. The van der Waals surface area contributed by atoms with Crippen LogP contribution in [0.4, 0.5) is 0 Å². The van der Waals surface area contributed by atoms with Crippen LogP contribution in [0.25, 0.3) is 0 Å². The van der Waals surface area contributed by atoms with Gasteiger partial charge in [0.2, 0.25) is 53.2 Å². The van der Waals surface area contributed by atoms with E-state index in [1.807, 2.05) is 0 Å². The van der Waals surface area contributed by atoms with Gasteiger partial charge < -0.3 is 102 Å². The third-order valence-electron chi connectivity index (χ3n) is 15.7. The number of carbonyl (C=O) groups is 10. The minimum Gasteiger partial charge on any atom is -0.480 e. The smallest absolute Gasteiger partial charge is 0.326 e. The average molecular weight is 1250 g/mol. The molecule has 6 rings (SSSR count). The van der Waals surface area contributed by atoms with E-state index >= 15 is 0 Å². The van der Waals surface area contributed by atoms with Crippen molar-refractivity contribution in [2.45, 2.75) is 144 Å². The Morgan fingerprint density at radius 3 is 1.95 bits per heavy atom. The molecule has 3 fully saturated rings. The molecule has 0 saturated carbocycles. The van der Waals surface area contributed by atoms with Crippen LogP contribution in [0.3, 0.4) is 0 Å². The van der Waals surface area contributed by atoms with E-state index in [1.165, 1.54) is 26.0 Å². The van der Waals surface area contributed by atoms with Crippen molar-refractivity contribution in [1.29, 1.82) is 0 Å². The summed E-state index contributed by atoms with van der Waals surface area (Å²) in [5, 5.41) is 46.1. The van der Waals surface area contributed by atoms with Gasteiger partial charge in [-0.2, -0.15) is 0 Å². The van der Waals surface area contributed by atoms with Gasteiger partial charge in [0.25, 0.3) is 0 Å². The molecule has 32 nitrogen and oxygen atoms in total. The third kappa shape index (κ3) is 18.7. The summed E-state index contributed by atoms with van der Waals surface area (Å²) < 4.78 is 0. The molecule has 1 spiro atoms. The number of thiophene rings is 1. The first-order valence-corrected chi connectivity index (χ1v) is 30.0. The van der Waals surface area contributed by atoms with Gasteiger partial charge in [0.1, 0.15) is 41.8 Å². The lowest BCUT2D eigenvalue weighted by Crippen LogP contribution is -2.64. The second kappa shape index (κ2) is 32.3. The molecule has 0 unspecified atom stereocenters. The zero-order valence-electron chi connectivity index (χ0n) is 48.9. The molecule has 4 aliphatic heterocycles. The molecule has 3 saturated heterocycles. The van der Waals surface area contributed by atoms with Crippen LogP contribution in [0.15, 0.2) is 56.8 Å². The Labute approximate surface area is 511 Å². The number of nitrogens with zero attached hydrogens (tertiary/aromatic N) is 7. The van der Waals surface area contributed by atoms with Gasteiger partial charge in [-0.3, -0.25) is 58.1 Å². The van der Waals surface area contributed by atoms with Crippen LogP contribution in [0.2, 0.25) is 0 Å². The molecule has 5 heterocycles. The highest BCUT2D eigenvalue weighted by Gasteiger charge is 2.54. The lowest BCUT2D eigenvalue weighted by Gasteiger charge is -2.40. The van der Waals surface area contributed by atoms with E-state index in [0.29, 0.717) is 35.3 Å². The normalized spacial score (nSPS) is 20.5. The van der Waals surface area contributed by atoms with E-state index in [4.69, 9.17) is 40.1 Å². The van der Waals surface area contributed by atoms with Gasteiger partial charge in [0.05, 0.1) is 31.8 Å². The van der Waals surface area contributed by atoms with E-state index < -0.39 is 133 Å². The van der Waals surface area contributed by atoms with E-state index in [-0.39, 0.29) is 128 Å². The first kappa shape index (κ1) is 68.4. The zero-order chi connectivity index (χ0) is 64.2. The fraction of sp³-hybridized carbons (Fsp3) is 0.582. The number of nitrogens with two attached hydrogens (primary N) is 7. The van der Waals surface area contributed by atoms with Crippen molar-refractivity contribution >= 4 is 88.3 Å². The van der Waals surface area contributed by atoms with Gasteiger partial charge in [-0.1, -0.05) is 30.3 Å². The van der Waals surface area contributed by atoms with Crippen molar-refractivity contribution in [2.24, 2.45) is 55.1 Å².